The molecule has 2 aliphatic heterocycles. The van der Waals surface area contributed by atoms with Crippen molar-refractivity contribution >= 4 is 22.8 Å². The van der Waals surface area contributed by atoms with Gasteiger partial charge in [-0.2, -0.15) is 0 Å². The molecular weight excluding hydrogens is 410 g/mol. The molecule has 5 heteroatoms. The van der Waals surface area contributed by atoms with Gasteiger partial charge in [-0.1, -0.05) is 75.6 Å². The third-order valence-corrected chi connectivity index (χ3v) is 7.94. The second-order valence-electron chi connectivity index (χ2n) is 10.2. The van der Waals surface area contributed by atoms with Gasteiger partial charge in [-0.15, -0.1) is 0 Å². The summed E-state index contributed by atoms with van der Waals surface area (Å²) in [6, 6.07) is 16.1. The number of para-hydroxylation sites is 1. The highest BCUT2D eigenvalue weighted by Crippen LogP contribution is 2.45. The van der Waals surface area contributed by atoms with E-state index in [2.05, 4.69) is 55.2 Å². The number of carbonyl (C=O) groups is 2. The molecule has 1 N–H and O–H groups in total. The number of urea groups is 1. The van der Waals surface area contributed by atoms with Crippen LogP contribution in [0.1, 0.15) is 80.3 Å². The van der Waals surface area contributed by atoms with Crippen LogP contribution in [0.5, 0.6) is 0 Å². The van der Waals surface area contributed by atoms with Gasteiger partial charge in [0.1, 0.15) is 12.1 Å². The number of hydrogen-bond donors (Lipinski definition) is 1. The summed E-state index contributed by atoms with van der Waals surface area (Å²) in [5.74, 6) is 0.435. The Balaban J connectivity index is 1.49. The third-order valence-electron chi connectivity index (χ3n) is 7.94. The molecule has 5 nitrogen and oxygen atoms in total. The molecule has 3 aliphatic rings. The molecule has 3 amide bonds. The maximum Gasteiger partial charge on any atom is 0.328 e. The molecule has 1 saturated heterocycles. The number of imide groups is 1. The Morgan fingerprint density at radius 3 is 2.39 bits per heavy atom. The predicted molar refractivity (Wildman–Crippen MR) is 129 cm³/mol. The lowest BCUT2D eigenvalue weighted by atomic mass is 9.88. The molecule has 6 rings (SSSR count). The summed E-state index contributed by atoms with van der Waals surface area (Å²) in [6.07, 6.45) is 5.82. The van der Waals surface area contributed by atoms with Crippen LogP contribution in [0.2, 0.25) is 0 Å². The van der Waals surface area contributed by atoms with Gasteiger partial charge in [0.05, 0.1) is 0 Å². The summed E-state index contributed by atoms with van der Waals surface area (Å²) in [7, 11) is 0. The van der Waals surface area contributed by atoms with Gasteiger partial charge in [-0.3, -0.25) is 14.6 Å². The van der Waals surface area contributed by atoms with Crippen molar-refractivity contribution in [1.82, 2.24) is 14.8 Å². The Morgan fingerprint density at radius 1 is 0.939 bits per heavy atom. The van der Waals surface area contributed by atoms with Crippen molar-refractivity contribution in [2.45, 2.75) is 76.4 Å². The minimum atomic E-state index is -0.430. The molecule has 1 aliphatic carbocycles. The third kappa shape index (κ3) is 3.12. The van der Waals surface area contributed by atoms with Gasteiger partial charge in [0.2, 0.25) is 0 Å². The van der Waals surface area contributed by atoms with Crippen molar-refractivity contribution in [3.8, 4) is 0 Å². The molecular formula is C28H31N3O2. The van der Waals surface area contributed by atoms with E-state index >= 15 is 0 Å². The van der Waals surface area contributed by atoms with E-state index in [-0.39, 0.29) is 24.0 Å². The van der Waals surface area contributed by atoms with Gasteiger partial charge < -0.3 is 4.98 Å². The molecule has 170 valence electrons. The first kappa shape index (κ1) is 20.5. The standard InChI is InChI=1S/C28H31N3O2/c1-17(2)18-12-14-19(15-13-18)26-25-22(21-10-6-7-11-23(21)29-25)16-24-27(32)30(28(33)31(24)26)20-8-4-3-5-9-20/h6-7,10-15,17,20,24,26,29H,3-5,8-9,16H2,1-2H3/t24-,26+/m0/s1. The first-order chi connectivity index (χ1) is 16.0. The number of amides is 3. The van der Waals surface area contributed by atoms with Gasteiger partial charge in [-0.25, -0.2) is 4.79 Å². The average molecular weight is 442 g/mol. The van der Waals surface area contributed by atoms with Gasteiger partial charge in [-0.05, 0) is 41.5 Å². The Labute approximate surface area is 194 Å². The quantitative estimate of drug-likeness (QED) is 0.514. The minimum Gasteiger partial charge on any atom is -0.356 e. The maximum absolute atomic E-state index is 13.9. The average Bonchev–Trinajstić information content (AvgIpc) is 3.33. The van der Waals surface area contributed by atoms with E-state index < -0.39 is 6.04 Å². The monoisotopic (exact) mass is 441 g/mol. The zero-order valence-electron chi connectivity index (χ0n) is 19.4. The molecule has 0 radical (unpaired) electrons. The number of aromatic nitrogens is 1. The van der Waals surface area contributed by atoms with Gasteiger partial charge in [0.25, 0.3) is 5.91 Å². The second-order valence-corrected chi connectivity index (χ2v) is 10.2. The largest absolute Gasteiger partial charge is 0.356 e. The fourth-order valence-corrected chi connectivity index (χ4v) is 6.18. The summed E-state index contributed by atoms with van der Waals surface area (Å²) >= 11 is 0. The van der Waals surface area contributed by atoms with Crippen molar-refractivity contribution in [2.75, 3.05) is 0 Å². The molecule has 0 bridgehead atoms. The number of carbonyl (C=O) groups excluding carboxylic acids is 2. The minimum absolute atomic E-state index is 0.00775. The lowest BCUT2D eigenvalue weighted by molar-refractivity contribution is -0.130. The van der Waals surface area contributed by atoms with Crippen LogP contribution >= 0.6 is 0 Å². The van der Waals surface area contributed by atoms with Crippen molar-refractivity contribution in [1.29, 1.82) is 0 Å². The van der Waals surface area contributed by atoms with E-state index in [0.717, 1.165) is 47.8 Å². The van der Waals surface area contributed by atoms with Gasteiger partial charge >= 0.3 is 6.03 Å². The highest BCUT2D eigenvalue weighted by molar-refractivity contribution is 6.06. The van der Waals surface area contributed by atoms with E-state index in [1.54, 1.807) is 4.90 Å². The fourth-order valence-electron chi connectivity index (χ4n) is 6.18. The Bertz CT molecular complexity index is 1220. The summed E-state index contributed by atoms with van der Waals surface area (Å²) in [4.78, 5) is 34.7. The molecule has 3 heterocycles. The number of fused-ring (bicyclic) bond motifs is 4. The predicted octanol–water partition coefficient (Wildman–Crippen LogP) is 5.90. The van der Waals surface area contributed by atoms with Crippen molar-refractivity contribution in [3.05, 3.63) is 70.9 Å². The molecule has 33 heavy (non-hydrogen) atoms. The van der Waals surface area contributed by atoms with Crippen molar-refractivity contribution in [3.63, 3.8) is 0 Å². The fraction of sp³-hybridized carbons (Fsp3) is 0.429. The number of nitrogens with one attached hydrogen (secondary N) is 1. The molecule has 2 aromatic carbocycles. The van der Waals surface area contributed by atoms with Gasteiger partial charge in [0.15, 0.2) is 0 Å². The van der Waals surface area contributed by atoms with E-state index in [1.807, 2.05) is 17.0 Å². The van der Waals surface area contributed by atoms with Crippen molar-refractivity contribution in [2.24, 2.45) is 0 Å². The Morgan fingerprint density at radius 2 is 1.67 bits per heavy atom. The van der Waals surface area contributed by atoms with Gasteiger partial charge in [0, 0.05) is 29.1 Å². The summed E-state index contributed by atoms with van der Waals surface area (Å²) < 4.78 is 0. The van der Waals surface area contributed by atoms with E-state index in [9.17, 15) is 9.59 Å². The zero-order chi connectivity index (χ0) is 22.7. The number of benzene rings is 2. The number of aromatic amines is 1. The molecule has 0 unspecified atom stereocenters. The van der Waals surface area contributed by atoms with E-state index in [4.69, 9.17) is 0 Å². The molecule has 2 atom stereocenters. The summed E-state index contributed by atoms with van der Waals surface area (Å²) in [6.45, 7) is 4.37. The molecule has 3 aromatic rings. The molecule has 1 saturated carbocycles. The maximum atomic E-state index is 13.9. The molecule has 2 fully saturated rings. The van der Waals surface area contributed by atoms with E-state index in [1.165, 1.54) is 17.5 Å². The zero-order valence-corrected chi connectivity index (χ0v) is 19.4. The second kappa shape index (κ2) is 7.75. The number of hydrogen-bond acceptors (Lipinski definition) is 2. The highest BCUT2D eigenvalue weighted by Gasteiger charge is 2.54. The van der Waals surface area contributed by atoms with Crippen LogP contribution in [0, 0.1) is 0 Å². The normalized spacial score (nSPS) is 23.5. The van der Waals surface area contributed by atoms with Crippen LogP contribution in [-0.2, 0) is 11.2 Å². The van der Waals surface area contributed by atoms with Crippen LogP contribution in [0.4, 0.5) is 4.79 Å². The lowest BCUT2D eigenvalue weighted by Crippen LogP contribution is -2.44. The topological polar surface area (TPSA) is 56.4 Å². The SMILES string of the molecule is CC(C)c1ccc([C@@H]2c3[nH]c4ccccc4c3C[C@H]3C(=O)N(C4CCCCC4)C(=O)N23)cc1. The lowest BCUT2D eigenvalue weighted by Gasteiger charge is -2.36. The van der Waals surface area contributed by atoms with Crippen molar-refractivity contribution < 1.29 is 9.59 Å². The van der Waals surface area contributed by atoms with Crippen LogP contribution < -0.4 is 0 Å². The number of H-pyrrole nitrogens is 1. The Kier molecular flexibility index (Phi) is 4.82. The number of nitrogens with zero attached hydrogens (tertiary/aromatic N) is 2. The van der Waals surface area contributed by atoms with Crippen LogP contribution in [0.25, 0.3) is 10.9 Å². The van der Waals surface area contributed by atoms with Crippen LogP contribution in [-0.4, -0.2) is 38.8 Å². The molecule has 0 spiro atoms. The Hall–Kier alpha value is -3.08. The smallest absolute Gasteiger partial charge is 0.328 e. The summed E-state index contributed by atoms with van der Waals surface area (Å²) in [5.41, 5.74) is 5.63. The first-order valence-corrected chi connectivity index (χ1v) is 12.4. The first-order valence-electron chi connectivity index (χ1n) is 12.4. The number of rotatable bonds is 3. The highest BCUT2D eigenvalue weighted by atomic mass is 16.2. The summed E-state index contributed by atoms with van der Waals surface area (Å²) in [5, 5.41) is 1.16. The van der Waals surface area contributed by atoms with Crippen LogP contribution in [0.15, 0.2) is 48.5 Å². The molecule has 1 aromatic heterocycles. The van der Waals surface area contributed by atoms with Crippen LogP contribution in [0.3, 0.4) is 0 Å². The van der Waals surface area contributed by atoms with E-state index in [0.29, 0.717) is 12.3 Å².